The molecule has 0 radical (unpaired) electrons. The fraction of sp³-hybridized carbons (Fsp3) is 0.125. The van der Waals surface area contributed by atoms with Gasteiger partial charge < -0.3 is 10.3 Å². The van der Waals surface area contributed by atoms with Crippen LogP contribution in [0.25, 0.3) is 10.9 Å². The van der Waals surface area contributed by atoms with Crippen LogP contribution in [0.3, 0.4) is 0 Å². The molecule has 11 heteroatoms. The molecule has 0 fully saturated rings. The first-order valence-electron chi connectivity index (χ1n) is 7.19. The van der Waals surface area contributed by atoms with Gasteiger partial charge in [0.1, 0.15) is 17.3 Å². The second-order valence-corrected chi connectivity index (χ2v) is 5.48. The summed E-state index contributed by atoms with van der Waals surface area (Å²) in [6.45, 7) is 0. The summed E-state index contributed by atoms with van der Waals surface area (Å²) in [4.78, 5) is 17.6. The second kappa shape index (κ2) is 6.25. The fourth-order valence-electron chi connectivity index (χ4n) is 2.39. The Morgan fingerprint density at radius 1 is 0.963 bits per heavy atom. The molecule has 0 spiro atoms. The van der Waals surface area contributed by atoms with E-state index < -0.39 is 51.4 Å². The van der Waals surface area contributed by atoms with Crippen molar-refractivity contribution in [1.29, 1.82) is 0 Å². The lowest BCUT2D eigenvalue weighted by Gasteiger charge is -2.15. The van der Waals surface area contributed by atoms with E-state index in [2.05, 4.69) is 10.3 Å². The topological polar surface area (TPSA) is 57.8 Å². The highest BCUT2D eigenvalue weighted by atomic mass is 19.4. The average molecular weight is 391 g/mol. The van der Waals surface area contributed by atoms with Crippen molar-refractivity contribution in [3.05, 3.63) is 63.8 Å². The lowest BCUT2D eigenvalue weighted by molar-refractivity contribution is -0.141. The van der Waals surface area contributed by atoms with Gasteiger partial charge in [-0.25, -0.2) is 9.37 Å². The molecular weight excluding hydrogens is 383 g/mol. The number of aromatic nitrogens is 2. The molecule has 3 rings (SSSR count). The number of fused-ring (bicyclic) bond motifs is 1. The highest BCUT2D eigenvalue weighted by molar-refractivity contribution is 5.93. The molecule has 0 bridgehead atoms. The van der Waals surface area contributed by atoms with Gasteiger partial charge in [-0.1, -0.05) is 0 Å². The Morgan fingerprint density at radius 2 is 1.67 bits per heavy atom. The van der Waals surface area contributed by atoms with Crippen molar-refractivity contribution >= 4 is 22.4 Å². The SMILES string of the molecule is O=c1cc(C(F)(F)F)[nH]c2cc(C(F)(F)F)cc(Nc3ccc(F)cn3)c12. The third kappa shape index (κ3) is 3.86. The third-order valence-corrected chi connectivity index (χ3v) is 3.55. The Hall–Kier alpha value is -3.11. The van der Waals surface area contributed by atoms with Crippen LogP contribution in [0, 0.1) is 5.82 Å². The summed E-state index contributed by atoms with van der Waals surface area (Å²) in [6.07, 6.45) is -9.05. The standard InChI is InChI=1S/C16H8F7N3O/c17-8-1-2-13(24-6-8)26-10-4-7(15(18,19)20)3-9-14(10)11(27)5-12(25-9)16(21,22)23/h1-6H,(H,24,26)(H,25,27). The zero-order chi connectivity index (χ0) is 20.0. The zero-order valence-electron chi connectivity index (χ0n) is 13.0. The molecule has 0 aliphatic heterocycles. The van der Waals surface area contributed by atoms with Crippen molar-refractivity contribution < 1.29 is 30.7 Å². The molecule has 0 amide bonds. The third-order valence-electron chi connectivity index (χ3n) is 3.55. The molecule has 0 atom stereocenters. The number of halogens is 7. The molecule has 2 N–H and O–H groups in total. The zero-order valence-corrected chi connectivity index (χ0v) is 13.0. The summed E-state index contributed by atoms with van der Waals surface area (Å²) in [5.74, 6) is -0.807. The number of H-pyrrole nitrogens is 1. The maximum Gasteiger partial charge on any atom is 0.431 e. The van der Waals surface area contributed by atoms with Gasteiger partial charge in [-0.3, -0.25) is 4.79 Å². The Balaban J connectivity index is 2.26. The van der Waals surface area contributed by atoms with Gasteiger partial charge in [0.2, 0.25) is 0 Å². The number of nitrogens with one attached hydrogen (secondary N) is 2. The first-order chi connectivity index (χ1) is 12.4. The minimum atomic E-state index is -4.95. The van der Waals surface area contributed by atoms with Crippen molar-refractivity contribution in [2.24, 2.45) is 0 Å². The summed E-state index contributed by atoms with van der Waals surface area (Å²) in [7, 11) is 0. The van der Waals surface area contributed by atoms with Crippen LogP contribution in [0.15, 0.2) is 41.3 Å². The van der Waals surface area contributed by atoms with Gasteiger partial charge in [0.25, 0.3) is 0 Å². The molecule has 2 aromatic heterocycles. The van der Waals surface area contributed by atoms with Crippen molar-refractivity contribution in [1.82, 2.24) is 9.97 Å². The Kier molecular flexibility index (Phi) is 4.32. The molecule has 142 valence electrons. The van der Waals surface area contributed by atoms with E-state index in [-0.39, 0.29) is 11.9 Å². The van der Waals surface area contributed by atoms with Crippen molar-refractivity contribution in [2.75, 3.05) is 5.32 Å². The number of rotatable bonds is 2. The van der Waals surface area contributed by atoms with E-state index in [1.165, 1.54) is 0 Å². The van der Waals surface area contributed by atoms with Crippen LogP contribution in [-0.2, 0) is 12.4 Å². The van der Waals surface area contributed by atoms with Gasteiger partial charge >= 0.3 is 12.4 Å². The largest absolute Gasteiger partial charge is 0.431 e. The van der Waals surface area contributed by atoms with Crippen LogP contribution in [0.2, 0.25) is 0 Å². The predicted octanol–water partition coefficient (Wildman–Crippen LogP) is 4.84. The van der Waals surface area contributed by atoms with Crippen LogP contribution in [0.4, 0.5) is 42.2 Å². The number of aromatic amines is 1. The van der Waals surface area contributed by atoms with Crippen molar-refractivity contribution in [2.45, 2.75) is 12.4 Å². The Labute approximate surface area is 145 Å². The van der Waals surface area contributed by atoms with E-state index in [1.54, 1.807) is 0 Å². The first-order valence-corrected chi connectivity index (χ1v) is 7.19. The fourth-order valence-corrected chi connectivity index (χ4v) is 2.39. The normalized spacial score (nSPS) is 12.4. The van der Waals surface area contributed by atoms with Gasteiger partial charge in [0.05, 0.1) is 28.4 Å². The highest BCUT2D eigenvalue weighted by Gasteiger charge is 2.35. The van der Waals surface area contributed by atoms with E-state index in [0.29, 0.717) is 12.1 Å². The van der Waals surface area contributed by atoms with E-state index in [9.17, 15) is 35.5 Å². The smallest absolute Gasteiger partial charge is 0.351 e. The number of anilines is 2. The number of nitrogens with zero attached hydrogens (tertiary/aromatic N) is 1. The molecule has 0 unspecified atom stereocenters. The molecule has 0 aliphatic carbocycles. The molecule has 3 aromatic rings. The highest BCUT2D eigenvalue weighted by Crippen LogP contribution is 2.36. The summed E-state index contributed by atoms with van der Waals surface area (Å²) in [5.41, 5.74) is -4.99. The summed E-state index contributed by atoms with van der Waals surface area (Å²) in [6, 6.07) is 3.29. The van der Waals surface area contributed by atoms with Crippen LogP contribution in [0.5, 0.6) is 0 Å². The van der Waals surface area contributed by atoms with E-state index in [0.717, 1.165) is 18.3 Å². The average Bonchev–Trinajstić information content (AvgIpc) is 2.54. The lowest BCUT2D eigenvalue weighted by Crippen LogP contribution is -2.16. The minimum absolute atomic E-state index is 0.101. The van der Waals surface area contributed by atoms with Gasteiger partial charge in [0.15, 0.2) is 5.43 Å². The monoisotopic (exact) mass is 391 g/mol. The number of hydrogen-bond acceptors (Lipinski definition) is 3. The number of alkyl halides is 6. The first kappa shape index (κ1) is 18.7. The van der Waals surface area contributed by atoms with Crippen LogP contribution in [0.1, 0.15) is 11.3 Å². The van der Waals surface area contributed by atoms with Crippen LogP contribution < -0.4 is 10.7 Å². The summed E-state index contributed by atoms with van der Waals surface area (Å²) >= 11 is 0. The van der Waals surface area contributed by atoms with Gasteiger partial charge in [0, 0.05) is 6.07 Å². The maximum absolute atomic E-state index is 13.1. The summed E-state index contributed by atoms with van der Waals surface area (Å²) in [5, 5.41) is 1.98. The van der Waals surface area contributed by atoms with Gasteiger partial charge in [-0.05, 0) is 24.3 Å². The number of pyridine rings is 2. The molecule has 1 aromatic carbocycles. The van der Waals surface area contributed by atoms with Crippen molar-refractivity contribution in [3.63, 3.8) is 0 Å². The number of benzene rings is 1. The van der Waals surface area contributed by atoms with Gasteiger partial charge in [-0.15, -0.1) is 0 Å². The van der Waals surface area contributed by atoms with E-state index >= 15 is 0 Å². The van der Waals surface area contributed by atoms with Gasteiger partial charge in [-0.2, -0.15) is 26.3 Å². The molecule has 27 heavy (non-hydrogen) atoms. The quantitative estimate of drug-likeness (QED) is 0.615. The predicted molar refractivity (Wildman–Crippen MR) is 82.1 cm³/mol. The molecule has 0 aliphatic rings. The molecule has 0 saturated heterocycles. The van der Waals surface area contributed by atoms with Crippen LogP contribution >= 0.6 is 0 Å². The Morgan fingerprint density at radius 3 is 2.22 bits per heavy atom. The molecule has 2 heterocycles. The van der Waals surface area contributed by atoms with E-state index in [1.807, 2.05) is 4.98 Å². The summed E-state index contributed by atoms with van der Waals surface area (Å²) < 4.78 is 90.9. The molecule has 0 saturated carbocycles. The van der Waals surface area contributed by atoms with Crippen LogP contribution in [-0.4, -0.2) is 9.97 Å². The number of hydrogen-bond donors (Lipinski definition) is 2. The second-order valence-electron chi connectivity index (χ2n) is 5.48. The minimum Gasteiger partial charge on any atom is -0.351 e. The lowest BCUT2D eigenvalue weighted by atomic mass is 10.1. The Bertz CT molecular complexity index is 1050. The molecule has 4 nitrogen and oxygen atoms in total. The van der Waals surface area contributed by atoms with E-state index in [4.69, 9.17) is 0 Å². The molecular formula is C16H8F7N3O. The van der Waals surface area contributed by atoms with Crippen molar-refractivity contribution in [3.8, 4) is 0 Å². The maximum atomic E-state index is 13.1.